The first-order chi connectivity index (χ1) is 12.4. The molecule has 0 saturated heterocycles. The molecule has 0 bridgehead atoms. The summed E-state index contributed by atoms with van der Waals surface area (Å²) >= 11 is 1.32. The number of thiazole rings is 1. The van der Waals surface area contributed by atoms with Crippen LogP contribution in [-0.4, -0.2) is 15.5 Å². The molecule has 4 nitrogen and oxygen atoms in total. The van der Waals surface area contributed by atoms with E-state index in [9.17, 15) is 13.6 Å². The zero-order chi connectivity index (χ0) is 18.7. The van der Waals surface area contributed by atoms with Crippen LogP contribution in [-0.2, 0) is 13.0 Å². The Kier molecular flexibility index (Phi) is 5.46. The number of nitrogens with zero attached hydrogens (tertiary/aromatic N) is 2. The monoisotopic (exact) mass is 375 g/mol. The van der Waals surface area contributed by atoms with Gasteiger partial charge >= 0.3 is 0 Å². The van der Waals surface area contributed by atoms with Gasteiger partial charge in [-0.3, -0.25) is 10.1 Å². The van der Waals surface area contributed by atoms with Crippen molar-refractivity contribution >= 4 is 22.4 Å². The van der Waals surface area contributed by atoms with Crippen molar-refractivity contribution in [3.05, 3.63) is 70.5 Å². The maximum atomic E-state index is 14.0. The van der Waals surface area contributed by atoms with E-state index in [-0.39, 0.29) is 12.5 Å². The predicted octanol–water partition coefficient (Wildman–Crippen LogP) is 4.72. The van der Waals surface area contributed by atoms with Crippen LogP contribution in [0.2, 0.25) is 0 Å². The standard InChI is InChI=1S/C19H19F2N3OS/c1-12(2)7-13-8-17(18(25)23-19-22-5-6-26-19)24(10-13)11-14-3-4-15(20)9-16(14)21/h3-6,8-10,12H,7,11H2,1-2H3,(H,22,23,25). The summed E-state index contributed by atoms with van der Waals surface area (Å²) in [6, 6.07) is 5.27. The molecular weight excluding hydrogens is 356 g/mol. The highest BCUT2D eigenvalue weighted by Crippen LogP contribution is 2.19. The van der Waals surface area contributed by atoms with E-state index in [4.69, 9.17) is 0 Å². The van der Waals surface area contributed by atoms with Gasteiger partial charge in [0.25, 0.3) is 5.91 Å². The lowest BCUT2D eigenvalue weighted by Crippen LogP contribution is -2.17. The molecule has 0 aliphatic rings. The van der Waals surface area contributed by atoms with Crippen LogP contribution in [0.15, 0.2) is 42.0 Å². The molecular formula is C19H19F2N3OS. The van der Waals surface area contributed by atoms with Crippen molar-refractivity contribution in [3.63, 3.8) is 0 Å². The third-order valence-corrected chi connectivity index (χ3v) is 4.53. The van der Waals surface area contributed by atoms with Gasteiger partial charge in [0.2, 0.25) is 0 Å². The molecule has 0 radical (unpaired) electrons. The molecule has 0 atom stereocenters. The quantitative estimate of drug-likeness (QED) is 0.677. The van der Waals surface area contributed by atoms with E-state index in [1.54, 1.807) is 16.1 Å². The molecule has 136 valence electrons. The van der Waals surface area contributed by atoms with Crippen LogP contribution in [0.1, 0.15) is 35.5 Å². The van der Waals surface area contributed by atoms with Crippen molar-refractivity contribution in [1.82, 2.24) is 9.55 Å². The van der Waals surface area contributed by atoms with Crippen molar-refractivity contribution in [2.45, 2.75) is 26.8 Å². The lowest BCUT2D eigenvalue weighted by Gasteiger charge is -2.10. The van der Waals surface area contributed by atoms with Crippen molar-refractivity contribution in [2.75, 3.05) is 5.32 Å². The molecule has 0 aliphatic carbocycles. The van der Waals surface area contributed by atoms with Gasteiger partial charge in [0.1, 0.15) is 17.3 Å². The number of amides is 1. The van der Waals surface area contributed by atoms with Gasteiger partial charge in [-0.05, 0) is 30.0 Å². The fourth-order valence-electron chi connectivity index (χ4n) is 2.76. The van der Waals surface area contributed by atoms with Crippen LogP contribution >= 0.6 is 11.3 Å². The third-order valence-electron chi connectivity index (χ3n) is 3.84. The minimum Gasteiger partial charge on any atom is -0.339 e. The SMILES string of the molecule is CC(C)Cc1cc(C(=O)Nc2nccs2)n(Cc2ccc(F)cc2F)c1. The summed E-state index contributed by atoms with van der Waals surface area (Å²) in [5, 5.41) is 5.02. The Morgan fingerprint density at radius 2 is 2.12 bits per heavy atom. The van der Waals surface area contributed by atoms with Crippen molar-refractivity contribution in [3.8, 4) is 0 Å². The number of anilines is 1. The summed E-state index contributed by atoms with van der Waals surface area (Å²) < 4.78 is 28.9. The van der Waals surface area contributed by atoms with Crippen LogP contribution < -0.4 is 5.32 Å². The second-order valence-electron chi connectivity index (χ2n) is 6.49. The molecule has 2 heterocycles. The van der Waals surface area contributed by atoms with E-state index in [0.717, 1.165) is 18.1 Å². The maximum Gasteiger partial charge on any atom is 0.274 e. The fourth-order valence-corrected chi connectivity index (χ4v) is 3.28. The summed E-state index contributed by atoms with van der Waals surface area (Å²) in [5.41, 5.74) is 1.73. The number of carbonyl (C=O) groups is 1. The van der Waals surface area contributed by atoms with Crippen molar-refractivity contribution in [1.29, 1.82) is 0 Å². The number of hydrogen-bond acceptors (Lipinski definition) is 3. The van der Waals surface area contributed by atoms with E-state index in [1.165, 1.54) is 23.5 Å². The number of benzene rings is 1. The lowest BCUT2D eigenvalue weighted by molar-refractivity contribution is 0.101. The summed E-state index contributed by atoms with van der Waals surface area (Å²) in [5.74, 6) is -1.14. The van der Waals surface area contributed by atoms with Gasteiger partial charge in [-0.15, -0.1) is 11.3 Å². The van der Waals surface area contributed by atoms with E-state index >= 15 is 0 Å². The molecule has 3 rings (SSSR count). The second kappa shape index (κ2) is 7.78. The highest BCUT2D eigenvalue weighted by atomic mass is 32.1. The molecule has 3 aromatic rings. The van der Waals surface area contributed by atoms with Crippen LogP contribution in [0.4, 0.5) is 13.9 Å². The first kappa shape index (κ1) is 18.3. The molecule has 0 aliphatic heterocycles. The normalized spacial score (nSPS) is 11.1. The first-order valence-electron chi connectivity index (χ1n) is 8.26. The number of carbonyl (C=O) groups excluding carboxylic acids is 1. The van der Waals surface area contributed by atoms with Gasteiger partial charge in [0, 0.05) is 29.4 Å². The topological polar surface area (TPSA) is 46.9 Å². The number of nitrogens with one attached hydrogen (secondary N) is 1. The van der Waals surface area contributed by atoms with Crippen LogP contribution in [0.25, 0.3) is 0 Å². The van der Waals surface area contributed by atoms with Gasteiger partial charge in [-0.25, -0.2) is 13.8 Å². The van der Waals surface area contributed by atoms with Gasteiger partial charge in [0.15, 0.2) is 5.13 Å². The summed E-state index contributed by atoms with van der Waals surface area (Å²) in [7, 11) is 0. The molecule has 26 heavy (non-hydrogen) atoms. The van der Waals surface area contributed by atoms with Crippen LogP contribution in [0.5, 0.6) is 0 Å². The smallest absolute Gasteiger partial charge is 0.274 e. The fraction of sp³-hybridized carbons (Fsp3) is 0.263. The van der Waals surface area contributed by atoms with Gasteiger partial charge < -0.3 is 4.57 Å². The lowest BCUT2D eigenvalue weighted by atomic mass is 10.1. The molecule has 0 spiro atoms. The summed E-state index contributed by atoms with van der Waals surface area (Å²) in [4.78, 5) is 16.7. The Bertz CT molecular complexity index is 904. The molecule has 1 amide bonds. The number of hydrogen-bond donors (Lipinski definition) is 1. The second-order valence-corrected chi connectivity index (χ2v) is 7.38. The largest absolute Gasteiger partial charge is 0.339 e. The molecule has 2 aromatic heterocycles. The molecule has 0 fully saturated rings. The van der Waals surface area contributed by atoms with Crippen molar-refractivity contribution < 1.29 is 13.6 Å². The van der Waals surface area contributed by atoms with Crippen molar-refractivity contribution in [2.24, 2.45) is 5.92 Å². The zero-order valence-electron chi connectivity index (χ0n) is 14.5. The van der Waals surface area contributed by atoms with Crippen LogP contribution in [0, 0.1) is 17.6 Å². The Morgan fingerprint density at radius 1 is 1.31 bits per heavy atom. The highest BCUT2D eigenvalue weighted by molar-refractivity contribution is 7.13. The van der Waals surface area contributed by atoms with Crippen LogP contribution in [0.3, 0.4) is 0 Å². The molecule has 0 unspecified atom stereocenters. The van der Waals surface area contributed by atoms with Gasteiger partial charge in [0.05, 0.1) is 6.54 Å². The molecule has 0 saturated carbocycles. The van der Waals surface area contributed by atoms with Gasteiger partial charge in [-0.2, -0.15) is 0 Å². The molecule has 1 N–H and O–H groups in total. The van der Waals surface area contributed by atoms with E-state index in [1.807, 2.05) is 12.3 Å². The first-order valence-corrected chi connectivity index (χ1v) is 9.14. The van der Waals surface area contributed by atoms with E-state index < -0.39 is 11.6 Å². The summed E-state index contributed by atoms with van der Waals surface area (Å²) in [6.45, 7) is 4.32. The van der Waals surface area contributed by atoms with E-state index in [0.29, 0.717) is 22.3 Å². The summed E-state index contributed by atoms with van der Waals surface area (Å²) in [6.07, 6.45) is 4.26. The zero-order valence-corrected chi connectivity index (χ0v) is 15.3. The molecule has 7 heteroatoms. The average molecular weight is 375 g/mol. The number of aromatic nitrogens is 2. The average Bonchev–Trinajstić information content (AvgIpc) is 3.19. The Balaban J connectivity index is 1.91. The Labute approximate surface area is 154 Å². The third kappa shape index (κ3) is 4.35. The maximum absolute atomic E-state index is 14.0. The van der Waals surface area contributed by atoms with Gasteiger partial charge in [-0.1, -0.05) is 19.9 Å². The minimum atomic E-state index is -0.629. The highest BCUT2D eigenvalue weighted by Gasteiger charge is 2.17. The molecule has 1 aromatic carbocycles. The Hall–Kier alpha value is -2.54. The predicted molar refractivity (Wildman–Crippen MR) is 98.5 cm³/mol. The minimum absolute atomic E-state index is 0.144. The number of rotatable bonds is 6. The Morgan fingerprint density at radius 3 is 2.77 bits per heavy atom. The number of halogens is 2. The van der Waals surface area contributed by atoms with E-state index in [2.05, 4.69) is 24.1 Å².